The van der Waals surface area contributed by atoms with Crippen molar-refractivity contribution in [3.05, 3.63) is 36.5 Å². The first-order valence-corrected chi connectivity index (χ1v) is 5.10. The van der Waals surface area contributed by atoms with Crippen LogP contribution in [0.15, 0.2) is 36.5 Å². The molecule has 0 radical (unpaired) electrons. The van der Waals surface area contributed by atoms with E-state index in [1.54, 1.807) is 31.3 Å². The fourth-order valence-electron chi connectivity index (χ4n) is 1.63. The highest BCUT2D eigenvalue weighted by Gasteiger charge is 2.21. The van der Waals surface area contributed by atoms with Crippen LogP contribution in [0.25, 0.3) is 10.9 Å². The van der Waals surface area contributed by atoms with Gasteiger partial charge < -0.3 is 9.30 Å². The summed E-state index contributed by atoms with van der Waals surface area (Å²) in [5, 5.41) is 0.898. The maximum absolute atomic E-state index is 13.8. The number of benzene rings is 1. The third kappa shape index (κ3) is 1.78. The van der Waals surface area contributed by atoms with E-state index in [1.807, 2.05) is 12.1 Å². The number of aromatic nitrogens is 1. The van der Waals surface area contributed by atoms with Crippen LogP contribution < -0.4 is 0 Å². The first-order valence-electron chi connectivity index (χ1n) is 5.10. The van der Waals surface area contributed by atoms with Crippen LogP contribution in [-0.2, 0) is 9.53 Å². The summed E-state index contributed by atoms with van der Waals surface area (Å²) in [5.41, 5.74) is 0.683. The van der Waals surface area contributed by atoms with Crippen molar-refractivity contribution in [1.82, 2.24) is 4.57 Å². The molecule has 1 heterocycles. The second kappa shape index (κ2) is 4.35. The van der Waals surface area contributed by atoms with Crippen LogP contribution in [0.3, 0.4) is 0 Å². The van der Waals surface area contributed by atoms with Gasteiger partial charge in [-0.05, 0) is 24.4 Å². The van der Waals surface area contributed by atoms with E-state index < -0.39 is 12.3 Å². The number of carbonyl (C=O) groups excluding carboxylic acids is 1. The smallest absolute Gasteiger partial charge is 0.362 e. The number of carbonyl (C=O) groups is 1. The Kier molecular flexibility index (Phi) is 2.90. The van der Waals surface area contributed by atoms with Gasteiger partial charge in [0.25, 0.3) is 6.30 Å². The lowest BCUT2D eigenvalue weighted by Gasteiger charge is -2.10. The standard InChI is InChI=1S/C12H12FNO2/c1-2-16-12(15)11(13)14-8-7-9-5-3-4-6-10(9)14/h3-8,11H,2H2,1H3. The van der Waals surface area contributed by atoms with Gasteiger partial charge in [0.05, 0.1) is 12.1 Å². The molecule has 84 valence electrons. The zero-order valence-corrected chi connectivity index (χ0v) is 8.89. The molecule has 16 heavy (non-hydrogen) atoms. The first kappa shape index (κ1) is 10.7. The lowest BCUT2D eigenvalue weighted by atomic mass is 10.2. The lowest BCUT2D eigenvalue weighted by molar-refractivity contribution is -0.152. The van der Waals surface area contributed by atoms with Crippen molar-refractivity contribution in [2.24, 2.45) is 0 Å². The average molecular weight is 221 g/mol. The summed E-state index contributed by atoms with van der Waals surface area (Å²) in [4.78, 5) is 11.3. The number of para-hydroxylation sites is 1. The van der Waals surface area contributed by atoms with E-state index in [0.29, 0.717) is 5.52 Å². The maximum Gasteiger partial charge on any atom is 0.362 e. The third-order valence-corrected chi connectivity index (χ3v) is 2.35. The molecule has 0 fully saturated rings. The molecule has 0 amide bonds. The Bertz CT molecular complexity index is 506. The minimum atomic E-state index is -1.78. The molecule has 1 unspecified atom stereocenters. The van der Waals surface area contributed by atoms with Gasteiger partial charge in [-0.25, -0.2) is 9.18 Å². The summed E-state index contributed by atoms with van der Waals surface area (Å²) < 4.78 is 19.7. The van der Waals surface area contributed by atoms with Crippen LogP contribution >= 0.6 is 0 Å². The molecule has 1 aromatic heterocycles. The van der Waals surface area contributed by atoms with E-state index in [1.165, 1.54) is 4.57 Å². The highest BCUT2D eigenvalue weighted by atomic mass is 19.1. The number of halogens is 1. The number of rotatable bonds is 3. The molecule has 1 aromatic carbocycles. The Labute approximate surface area is 92.4 Å². The van der Waals surface area contributed by atoms with E-state index in [-0.39, 0.29) is 6.61 Å². The second-order valence-corrected chi connectivity index (χ2v) is 3.37. The molecule has 2 aromatic rings. The van der Waals surface area contributed by atoms with Crippen molar-refractivity contribution in [3.63, 3.8) is 0 Å². The maximum atomic E-state index is 13.8. The van der Waals surface area contributed by atoms with Crippen molar-refractivity contribution in [1.29, 1.82) is 0 Å². The van der Waals surface area contributed by atoms with E-state index in [4.69, 9.17) is 0 Å². The quantitative estimate of drug-likeness (QED) is 0.746. The zero-order valence-electron chi connectivity index (χ0n) is 8.89. The number of hydrogen-bond donors (Lipinski definition) is 0. The molecule has 0 spiro atoms. The third-order valence-electron chi connectivity index (χ3n) is 2.35. The molecule has 0 bridgehead atoms. The van der Waals surface area contributed by atoms with Crippen LogP contribution in [0.1, 0.15) is 13.2 Å². The Morgan fingerprint density at radius 3 is 2.94 bits per heavy atom. The number of ether oxygens (including phenoxy) is 1. The molecule has 4 heteroatoms. The number of esters is 1. The zero-order chi connectivity index (χ0) is 11.5. The van der Waals surface area contributed by atoms with Gasteiger partial charge in [0, 0.05) is 6.20 Å². The van der Waals surface area contributed by atoms with E-state index in [0.717, 1.165) is 5.39 Å². The molecule has 0 aliphatic rings. The predicted molar refractivity (Wildman–Crippen MR) is 58.7 cm³/mol. The topological polar surface area (TPSA) is 31.2 Å². The van der Waals surface area contributed by atoms with Crippen molar-refractivity contribution < 1.29 is 13.9 Å². The summed E-state index contributed by atoms with van der Waals surface area (Å²) in [6, 6.07) is 9.06. The average Bonchev–Trinajstić information content (AvgIpc) is 2.72. The first-order chi connectivity index (χ1) is 7.74. The van der Waals surface area contributed by atoms with Crippen LogP contribution in [0.5, 0.6) is 0 Å². The fraction of sp³-hybridized carbons (Fsp3) is 0.250. The minimum Gasteiger partial charge on any atom is -0.462 e. The van der Waals surface area contributed by atoms with Gasteiger partial charge in [-0.15, -0.1) is 0 Å². The van der Waals surface area contributed by atoms with Gasteiger partial charge in [-0.1, -0.05) is 18.2 Å². The molecule has 0 N–H and O–H groups in total. The molecule has 1 atom stereocenters. The van der Waals surface area contributed by atoms with E-state index in [2.05, 4.69) is 4.74 Å². The summed E-state index contributed by atoms with van der Waals surface area (Å²) in [6.07, 6.45) is -0.230. The molecule has 0 saturated carbocycles. The highest BCUT2D eigenvalue weighted by molar-refractivity contribution is 5.82. The molecule has 0 saturated heterocycles. The van der Waals surface area contributed by atoms with Crippen LogP contribution in [-0.4, -0.2) is 17.1 Å². The van der Waals surface area contributed by atoms with Crippen LogP contribution in [0.2, 0.25) is 0 Å². The van der Waals surface area contributed by atoms with E-state index >= 15 is 0 Å². The minimum absolute atomic E-state index is 0.179. The Morgan fingerprint density at radius 1 is 1.44 bits per heavy atom. The summed E-state index contributed by atoms with van der Waals surface area (Å²) in [7, 11) is 0. The van der Waals surface area contributed by atoms with Crippen LogP contribution in [0, 0.1) is 0 Å². The molecule has 2 rings (SSSR count). The predicted octanol–water partition coefficient (Wildman–Crippen LogP) is 2.67. The Balaban J connectivity index is 2.36. The molecule has 0 aliphatic carbocycles. The second-order valence-electron chi connectivity index (χ2n) is 3.37. The summed E-state index contributed by atoms with van der Waals surface area (Å²) >= 11 is 0. The van der Waals surface area contributed by atoms with Gasteiger partial charge in [-0.2, -0.15) is 0 Å². The largest absolute Gasteiger partial charge is 0.462 e. The number of hydrogen-bond acceptors (Lipinski definition) is 2. The SMILES string of the molecule is CCOC(=O)C(F)n1ccc2ccccc21. The van der Waals surface area contributed by atoms with Crippen molar-refractivity contribution in [2.45, 2.75) is 13.2 Å². The summed E-state index contributed by atoms with van der Waals surface area (Å²) in [6.45, 7) is 1.83. The normalized spacial score (nSPS) is 12.6. The molecular formula is C12H12FNO2. The summed E-state index contributed by atoms with van der Waals surface area (Å²) in [5.74, 6) is -0.858. The fourth-order valence-corrected chi connectivity index (χ4v) is 1.63. The number of fused-ring (bicyclic) bond motifs is 1. The van der Waals surface area contributed by atoms with Crippen LogP contribution in [0.4, 0.5) is 4.39 Å². The van der Waals surface area contributed by atoms with Crippen molar-refractivity contribution in [3.8, 4) is 0 Å². The highest BCUT2D eigenvalue weighted by Crippen LogP contribution is 2.21. The number of nitrogens with zero attached hydrogens (tertiary/aromatic N) is 1. The van der Waals surface area contributed by atoms with E-state index in [9.17, 15) is 9.18 Å². The van der Waals surface area contributed by atoms with Gasteiger partial charge in [0.15, 0.2) is 0 Å². The molecule has 3 nitrogen and oxygen atoms in total. The monoisotopic (exact) mass is 221 g/mol. The van der Waals surface area contributed by atoms with Crippen molar-refractivity contribution >= 4 is 16.9 Å². The molecule has 0 aliphatic heterocycles. The molecular weight excluding hydrogens is 209 g/mol. The van der Waals surface area contributed by atoms with Crippen molar-refractivity contribution in [2.75, 3.05) is 6.61 Å². The van der Waals surface area contributed by atoms with Gasteiger partial charge in [-0.3, -0.25) is 0 Å². The Morgan fingerprint density at radius 2 is 2.19 bits per heavy atom. The van der Waals surface area contributed by atoms with Gasteiger partial charge >= 0.3 is 5.97 Å². The van der Waals surface area contributed by atoms with Gasteiger partial charge in [0.1, 0.15) is 0 Å². The Hall–Kier alpha value is -1.84. The lowest BCUT2D eigenvalue weighted by Crippen LogP contribution is -2.17. The van der Waals surface area contributed by atoms with Gasteiger partial charge in [0.2, 0.25) is 0 Å². The number of alkyl halides is 1.